The molecule has 1 amide bonds. The fourth-order valence-corrected chi connectivity index (χ4v) is 11.0. The maximum absolute atomic E-state index is 12.8. The molecular weight excluding hydrogens is 492 g/mol. The Balaban J connectivity index is 1.31. The van der Waals surface area contributed by atoms with Crippen molar-refractivity contribution in [3.8, 4) is 0 Å². The zero-order valence-electron chi connectivity index (χ0n) is 21.9. The molecular formula is C27H42N4O3S2. The van der Waals surface area contributed by atoms with Crippen molar-refractivity contribution in [2.75, 3.05) is 5.75 Å². The molecule has 200 valence electrons. The van der Waals surface area contributed by atoms with Gasteiger partial charge < -0.3 is 10.2 Å². The Morgan fingerprint density at radius 1 is 1.25 bits per heavy atom. The van der Waals surface area contributed by atoms with Crippen molar-refractivity contribution in [2.24, 2.45) is 51.5 Å². The lowest BCUT2D eigenvalue weighted by Crippen LogP contribution is -2.62. The topological polar surface area (TPSA) is 110 Å². The van der Waals surface area contributed by atoms with Gasteiger partial charge in [0.05, 0.1) is 17.2 Å². The van der Waals surface area contributed by atoms with Crippen LogP contribution in [-0.4, -0.2) is 49.4 Å². The summed E-state index contributed by atoms with van der Waals surface area (Å²) in [6, 6.07) is 0.0309. The van der Waals surface area contributed by atoms with E-state index in [1.54, 1.807) is 4.31 Å². The average molecular weight is 535 g/mol. The molecule has 36 heavy (non-hydrogen) atoms. The van der Waals surface area contributed by atoms with Crippen molar-refractivity contribution in [2.45, 2.75) is 103 Å². The Morgan fingerprint density at radius 3 is 2.72 bits per heavy atom. The van der Waals surface area contributed by atoms with Crippen LogP contribution in [-0.2, 0) is 4.79 Å². The molecule has 0 aromatic rings. The summed E-state index contributed by atoms with van der Waals surface area (Å²) in [5.74, 6) is 2.86. The summed E-state index contributed by atoms with van der Waals surface area (Å²) in [6.45, 7) is 6.91. The monoisotopic (exact) mass is 534 g/mol. The van der Waals surface area contributed by atoms with Crippen molar-refractivity contribution < 1.29 is 15.0 Å². The molecule has 0 radical (unpaired) electrons. The van der Waals surface area contributed by atoms with Gasteiger partial charge in [0.25, 0.3) is 0 Å². The number of hydrogen-bond acceptors (Lipinski definition) is 6. The molecule has 9 heteroatoms. The number of carbonyl (C=O) groups is 1. The quantitative estimate of drug-likeness (QED) is 0.150. The lowest BCUT2D eigenvalue weighted by Gasteiger charge is -2.63. The Bertz CT molecular complexity index is 944. The number of rotatable bonds is 5. The van der Waals surface area contributed by atoms with Crippen LogP contribution < -0.4 is 0 Å². The molecule has 11 atom stereocenters. The largest absolute Gasteiger partial charge is 0.393 e. The second kappa shape index (κ2) is 10.0. The number of fused-ring (bicyclic) bond motifs is 5. The van der Waals surface area contributed by atoms with Gasteiger partial charge in [-0.3, -0.25) is 4.79 Å². The van der Waals surface area contributed by atoms with Crippen molar-refractivity contribution in [3.05, 3.63) is 10.4 Å². The SMILES string of the molecule is CC(CCC(=O)N1SCCC1=S)[C@H]1CCC2C3C(C[C@H](O)[C@@]21C)[C@@]1(C)CC[C@@H](N=[N+]=[N-])CC1C[C@H]3O. The summed E-state index contributed by atoms with van der Waals surface area (Å²) in [5.41, 5.74) is 8.79. The first kappa shape index (κ1) is 26.7. The van der Waals surface area contributed by atoms with Gasteiger partial charge in [0.1, 0.15) is 0 Å². The molecule has 0 aromatic carbocycles. The van der Waals surface area contributed by atoms with Crippen molar-refractivity contribution in [1.82, 2.24) is 4.31 Å². The fourth-order valence-electron chi connectivity index (χ4n) is 9.57. The van der Waals surface area contributed by atoms with E-state index in [1.165, 1.54) is 11.9 Å². The first-order valence-electron chi connectivity index (χ1n) is 14.0. The van der Waals surface area contributed by atoms with E-state index in [2.05, 4.69) is 30.8 Å². The molecule has 4 aliphatic carbocycles. The minimum Gasteiger partial charge on any atom is -0.393 e. The minimum atomic E-state index is -0.395. The number of nitrogens with zero attached hydrogens (tertiary/aromatic N) is 4. The van der Waals surface area contributed by atoms with E-state index in [4.69, 9.17) is 17.7 Å². The van der Waals surface area contributed by atoms with Crippen molar-refractivity contribution in [1.29, 1.82) is 0 Å². The van der Waals surface area contributed by atoms with Crippen LogP contribution >= 0.6 is 24.2 Å². The number of amides is 1. The Kier molecular flexibility index (Phi) is 7.45. The van der Waals surface area contributed by atoms with Crippen LogP contribution in [0, 0.1) is 46.3 Å². The highest BCUT2D eigenvalue weighted by molar-refractivity contribution is 7.99. The molecule has 0 aromatic heterocycles. The summed E-state index contributed by atoms with van der Waals surface area (Å²) >= 11 is 6.89. The van der Waals surface area contributed by atoms with Crippen LogP contribution in [0.5, 0.6) is 0 Å². The Morgan fingerprint density at radius 2 is 2.03 bits per heavy atom. The van der Waals surface area contributed by atoms with E-state index in [9.17, 15) is 15.0 Å². The molecule has 5 aliphatic rings. The van der Waals surface area contributed by atoms with E-state index < -0.39 is 6.10 Å². The van der Waals surface area contributed by atoms with Crippen molar-refractivity contribution >= 4 is 35.1 Å². The van der Waals surface area contributed by atoms with Gasteiger partial charge >= 0.3 is 0 Å². The first-order valence-corrected chi connectivity index (χ1v) is 15.3. The molecule has 2 N–H and O–H groups in total. The van der Waals surface area contributed by atoms with E-state index in [-0.39, 0.29) is 34.8 Å². The summed E-state index contributed by atoms with van der Waals surface area (Å²) in [4.78, 5) is 16.6. The highest BCUT2D eigenvalue weighted by Gasteiger charge is 2.65. The number of aliphatic hydroxyl groups is 2. The van der Waals surface area contributed by atoms with Crippen LogP contribution in [0.4, 0.5) is 0 Å². The van der Waals surface area contributed by atoms with Gasteiger partial charge in [-0.1, -0.05) is 38.1 Å². The second-order valence-electron chi connectivity index (χ2n) is 12.9. The predicted molar refractivity (Wildman–Crippen MR) is 146 cm³/mol. The van der Waals surface area contributed by atoms with E-state index in [1.807, 2.05) is 0 Å². The summed E-state index contributed by atoms with van der Waals surface area (Å²) in [6.07, 6.45) is 7.75. The van der Waals surface area contributed by atoms with E-state index >= 15 is 0 Å². The molecule has 5 unspecified atom stereocenters. The lowest BCUT2D eigenvalue weighted by atomic mass is 9.43. The zero-order chi connectivity index (χ0) is 25.8. The normalized spacial score (nSPS) is 46.9. The van der Waals surface area contributed by atoms with Gasteiger partial charge in [0.15, 0.2) is 0 Å². The van der Waals surface area contributed by atoms with Gasteiger partial charge in [-0.15, -0.1) is 0 Å². The molecule has 1 saturated heterocycles. The molecule has 7 nitrogen and oxygen atoms in total. The molecule has 5 fully saturated rings. The maximum atomic E-state index is 12.8. The highest BCUT2D eigenvalue weighted by atomic mass is 32.2. The molecule has 1 aliphatic heterocycles. The van der Waals surface area contributed by atoms with Gasteiger partial charge in [0, 0.05) is 29.5 Å². The summed E-state index contributed by atoms with van der Waals surface area (Å²) < 4.78 is 1.72. The van der Waals surface area contributed by atoms with Crippen LogP contribution in [0.1, 0.15) is 85.0 Å². The van der Waals surface area contributed by atoms with Gasteiger partial charge in [-0.25, -0.2) is 4.31 Å². The number of carbonyl (C=O) groups excluding carboxylic acids is 1. The smallest absolute Gasteiger partial charge is 0.237 e. The third kappa shape index (κ3) is 4.21. The summed E-state index contributed by atoms with van der Waals surface area (Å²) in [7, 11) is 0. The third-order valence-corrected chi connectivity index (χ3v) is 13.1. The molecule has 0 spiro atoms. The first-order chi connectivity index (χ1) is 17.1. The van der Waals surface area contributed by atoms with E-state index in [0.717, 1.165) is 68.5 Å². The van der Waals surface area contributed by atoms with Gasteiger partial charge in [-0.05, 0) is 115 Å². The Hall–Kier alpha value is -0.860. The van der Waals surface area contributed by atoms with Gasteiger partial charge in [0.2, 0.25) is 5.91 Å². The molecule has 5 rings (SSSR count). The number of thiocarbonyl (C=S) groups is 1. The third-order valence-electron chi connectivity index (χ3n) is 11.5. The second-order valence-corrected chi connectivity index (χ2v) is 14.4. The van der Waals surface area contributed by atoms with Crippen LogP contribution in [0.2, 0.25) is 0 Å². The average Bonchev–Trinajstić information content (AvgIpc) is 3.43. The highest BCUT2D eigenvalue weighted by Crippen LogP contribution is 2.68. The molecule has 1 heterocycles. The van der Waals surface area contributed by atoms with E-state index in [0.29, 0.717) is 36.0 Å². The molecule has 4 saturated carbocycles. The maximum Gasteiger partial charge on any atom is 0.237 e. The van der Waals surface area contributed by atoms with Gasteiger partial charge in [-0.2, -0.15) is 0 Å². The van der Waals surface area contributed by atoms with Crippen LogP contribution in [0.15, 0.2) is 5.11 Å². The number of azide groups is 1. The number of hydrogen-bond donors (Lipinski definition) is 2. The lowest BCUT2D eigenvalue weighted by molar-refractivity contribution is -0.202. The van der Waals surface area contributed by atoms with Crippen LogP contribution in [0.25, 0.3) is 10.4 Å². The zero-order valence-corrected chi connectivity index (χ0v) is 23.5. The minimum absolute atomic E-state index is 0.0309. The van der Waals surface area contributed by atoms with Crippen molar-refractivity contribution in [3.63, 3.8) is 0 Å². The predicted octanol–water partition coefficient (Wildman–Crippen LogP) is 5.89. The Labute approximate surface area is 224 Å². The number of aliphatic hydroxyl groups excluding tert-OH is 2. The van der Waals surface area contributed by atoms with Crippen LogP contribution in [0.3, 0.4) is 0 Å². The summed E-state index contributed by atoms with van der Waals surface area (Å²) in [5, 5.41) is 27.3. The standard InChI is InChI=1S/C27H42N4O3S2/c1-15(4-7-23(34)31-24(35)9-11-36-31)18-5-6-19-25-20(14-22(33)27(18,19)3)26(2)10-8-17(29-30-28)12-16(26)13-21(25)32/h15-22,25,32-33H,4-14H2,1-3H3/t15?,16?,17-,18-,19?,20?,21-,22+,25?,26+,27-/m1/s1. The molecule has 0 bridgehead atoms. The fraction of sp³-hybridized carbons (Fsp3) is 0.926.